The molecule has 1 amide bonds. The van der Waals surface area contributed by atoms with Crippen LogP contribution in [0.25, 0.3) is 21.5 Å². The second-order valence-electron chi connectivity index (χ2n) is 8.31. The van der Waals surface area contributed by atoms with Gasteiger partial charge in [-0.25, -0.2) is 4.98 Å². The molecular formula is C25H25N3O2S. The van der Waals surface area contributed by atoms with Gasteiger partial charge in [0.2, 0.25) is 0 Å². The Bertz CT molecular complexity index is 1330. The molecule has 1 aromatic carbocycles. The van der Waals surface area contributed by atoms with E-state index in [1.165, 1.54) is 22.5 Å². The van der Waals surface area contributed by atoms with Crippen LogP contribution in [-0.4, -0.2) is 10.9 Å². The summed E-state index contributed by atoms with van der Waals surface area (Å²) in [6.45, 7) is 6.02. The van der Waals surface area contributed by atoms with E-state index in [0.29, 0.717) is 10.6 Å². The Labute approximate surface area is 185 Å². The van der Waals surface area contributed by atoms with Gasteiger partial charge < -0.3 is 15.5 Å². The van der Waals surface area contributed by atoms with E-state index in [9.17, 15) is 4.79 Å². The highest BCUT2D eigenvalue weighted by Crippen LogP contribution is 2.44. The molecule has 1 aliphatic carbocycles. The minimum atomic E-state index is -0.205. The molecule has 1 aliphatic rings. The molecule has 5 nitrogen and oxygen atoms in total. The third kappa shape index (κ3) is 3.41. The van der Waals surface area contributed by atoms with Gasteiger partial charge in [-0.2, -0.15) is 0 Å². The van der Waals surface area contributed by atoms with Gasteiger partial charge in [-0.3, -0.25) is 4.79 Å². The molecule has 3 aromatic heterocycles. The molecular weight excluding hydrogens is 406 g/mol. The first-order valence-electron chi connectivity index (χ1n) is 10.6. The van der Waals surface area contributed by atoms with E-state index in [1.807, 2.05) is 44.2 Å². The maximum Gasteiger partial charge on any atom is 0.267 e. The number of benzene rings is 1. The van der Waals surface area contributed by atoms with Crippen LogP contribution in [0.3, 0.4) is 0 Å². The third-order valence-corrected chi connectivity index (χ3v) is 7.21. The summed E-state index contributed by atoms with van der Waals surface area (Å²) >= 11 is 1.36. The van der Waals surface area contributed by atoms with Gasteiger partial charge in [0.15, 0.2) is 0 Å². The normalized spacial score (nSPS) is 13.4. The van der Waals surface area contributed by atoms with Crippen molar-refractivity contribution in [2.75, 3.05) is 11.1 Å². The number of hydrogen-bond acceptors (Lipinski definition) is 5. The number of nitrogen functional groups attached to an aromatic ring is 1. The minimum Gasteiger partial charge on any atom is -0.461 e. The Hall–Kier alpha value is -3.12. The summed E-state index contributed by atoms with van der Waals surface area (Å²) in [4.78, 5) is 19.4. The van der Waals surface area contributed by atoms with E-state index in [2.05, 4.69) is 12.2 Å². The fraction of sp³-hybridized carbons (Fsp3) is 0.280. The Morgan fingerprint density at radius 3 is 2.65 bits per heavy atom. The Kier molecular flexibility index (Phi) is 4.82. The van der Waals surface area contributed by atoms with Crippen molar-refractivity contribution in [2.24, 2.45) is 0 Å². The molecule has 3 heterocycles. The van der Waals surface area contributed by atoms with Gasteiger partial charge in [0, 0.05) is 22.3 Å². The number of nitrogens with two attached hydrogens (primary N) is 1. The number of aryl methyl sites for hydroxylation is 4. The summed E-state index contributed by atoms with van der Waals surface area (Å²) in [5.74, 6) is 1.45. The SMILES string of the molecule is Cc1ccc(-c2c3c(nc4sc(C(=O)Nc5ccc(C)c(C)c5)c(N)c24)CCCC3)o1. The summed E-state index contributed by atoms with van der Waals surface area (Å²) in [6, 6.07) is 9.85. The molecule has 5 rings (SSSR count). The van der Waals surface area contributed by atoms with E-state index in [-0.39, 0.29) is 5.91 Å². The van der Waals surface area contributed by atoms with Crippen LogP contribution >= 0.6 is 11.3 Å². The first-order valence-corrected chi connectivity index (χ1v) is 11.4. The molecule has 158 valence electrons. The van der Waals surface area contributed by atoms with Gasteiger partial charge in [0.1, 0.15) is 21.2 Å². The summed E-state index contributed by atoms with van der Waals surface area (Å²) in [7, 11) is 0. The van der Waals surface area contributed by atoms with Crippen LogP contribution in [0.1, 0.15) is 50.7 Å². The van der Waals surface area contributed by atoms with Crippen molar-refractivity contribution in [3.05, 3.63) is 63.4 Å². The fourth-order valence-electron chi connectivity index (χ4n) is 4.32. The molecule has 0 spiro atoms. The highest BCUT2D eigenvalue weighted by atomic mass is 32.1. The molecule has 0 saturated heterocycles. The highest BCUT2D eigenvalue weighted by Gasteiger charge is 2.27. The van der Waals surface area contributed by atoms with Crippen molar-refractivity contribution in [3.8, 4) is 11.3 Å². The maximum atomic E-state index is 13.1. The lowest BCUT2D eigenvalue weighted by Gasteiger charge is -2.18. The zero-order valence-electron chi connectivity index (χ0n) is 18.0. The molecule has 0 radical (unpaired) electrons. The Morgan fingerprint density at radius 2 is 1.90 bits per heavy atom. The summed E-state index contributed by atoms with van der Waals surface area (Å²) in [6.07, 6.45) is 4.15. The number of hydrogen-bond donors (Lipinski definition) is 2. The Balaban J connectivity index is 1.65. The lowest BCUT2D eigenvalue weighted by Crippen LogP contribution is -2.12. The number of nitrogens with one attached hydrogen (secondary N) is 1. The molecule has 0 atom stereocenters. The maximum absolute atomic E-state index is 13.1. The van der Waals surface area contributed by atoms with Crippen molar-refractivity contribution < 1.29 is 9.21 Å². The standard InChI is InChI=1S/C25H25N3O2S/c1-13-8-10-16(12-14(13)2)27-24(29)23-22(26)21-20(19-11-9-15(3)30-19)17-6-4-5-7-18(17)28-25(21)31-23/h8-12H,4-7,26H2,1-3H3,(H,27,29). The van der Waals surface area contributed by atoms with Crippen molar-refractivity contribution in [3.63, 3.8) is 0 Å². The average molecular weight is 432 g/mol. The lowest BCUT2D eigenvalue weighted by molar-refractivity contribution is 0.103. The number of pyridine rings is 1. The molecule has 0 fully saturated rings. The smallest absolute Gasteiger partial charge is 0.267 e. The van der Waals surface area contributed by atoms with Gasteiger partial charge in [0.05, 0.1) is 5.69 Å². The minimum absolute atomic E-state index is 0.205. The number of anilines is 2. The van der Waals surface area contributed by atoms with Gasteiger partial charge in [-0.15, -0.1) is 11.3 Å². The van der Waals surface area contributed by atoms with Crippen molar-refractivity contribution in [1.29, 1.82) is 0 Å². The number of carbonyl (C=O) groups is 1. The zero-order valence-corrected chi connectivity index (χ0v) is 18.8. The number of aromatic nitrogens is 1. The molecule has 3 N–H and O–H groups in total. The monoisotopic (exact) mass is 431 g/mol. The molecule has 6 heteroatoms. The third-order valence-electron chi connectivity index (χ3n) is 6.11. The van der Waals surface area contributed by atoms with Crippen LogP contribution in [-0.2, 0) is 12.8 Å². The van der Waals surface area contributed by atoms with E-state index >= 15 is 0 Å². The highest BCUT2D eigenvalue weighted by molar-refractivity contribution is 7.21. The average Bonchev–Trinajstić information content (AvgIpc) is 3.32. The molecule has 0 aliphatic heterocycles. The quantitative estimate of drug-likeness (QED) is 0.405. The molecule has 0 unspecified atom stereocenters. The van der Waals surface area contributed by atoms with Crippen LogP contribution in [0.4, 0.5) is 11.4 Å². The largest absolute Gasteiger partial charge is 0.461 e. The molecule has 0 saturated carbocycles. The van der Waals surface area contributed by atoms with E-state index < -0.39 is 0 Å². The predicted octanol–water partition coefficient (Wildman–Crippen LogP) is 6.19. The number of furan rings is 1. The number of rotatable bonds is 3. The Morgan fingerprint density at radius 1 is 1.10 bits per heavy atom. The van der Waals surface area contributed by atoms with Crippen LogP contribution in [0.15, 0.2) is 34.7 Å². The van der Waals surface area contributed by atoms with Crippen molar-refractivity contribution >= 4 is 38.8 Å². The van der Waals surface area contributed by atoms with E-state index in [0.717, 1.165) is 69.9 Å². The van der Waals surface area contributed by atoms with Crippen molar-refractivity contribution in [2.45, 2.75) is 46.5 Å². The number of fused-ring (bicyclic) bond motifs is 2. The molecule has 4 aromatic rings. The lowest BCUT2D eigenvalue weighted by atomic mass is 9.89. The molecule has 0 bridgehead atoms. The summed E-state index contributed by atoms with van der Waals surface area (Å²) < 4.78 is 6.01. The summed E-state index contributed by atoms with van der Waals surface area (Å²) in [5, 5.41) is 3.84. The van der Waals surface area contributed by atoms with Gasteiger partial charge in [-0.1, -0.05) is 6.07 Å². The van der Waals surface area contributed by atoms with Crippen molar-refractivity contribution in [1.82, 2.24) is 4.98 Å². The van der Waals surface area contributed by atoms with Crippen LogP contribution in [0.2, 0.25) is 0 Å². The van der Waals surface area contributed by atoms with Crippen LogP contribution in [0.5, 0.6) is 0 Å². The topological polar surface area (TPSA) is 81.2 Å². The predicted molar refractivity (Wildman–Crippen MR) is 127 cm³/mol. The number of thiophene rings is 1. The zero-order chi connectivity index (χ0) is 21.7. The second-order valence-corrected chi connectivity index (χ2v) is 9.31. The van der Waals surface area contributed by atoms with Crippen LogP contribution < -0.4 is 11.1 Å². The number of carbonyl (C=O) groups excluding carboxylic acids is 1. The van der Waals surface area contributed by atoms with E-state index in [1.54, 1.807) is 0 Å². The van der Waals surface area contributed by atoms with Gasteiger partial charge in [-0.05, 0) is 87.4 Å². The number of nitrogens with zero attached hydrogens (tertiary/aromatic N) is 1. The van der Waals surface area contributed by atoms with Gasteiger partial charge >= 0.3 is 0 Å². The van der Waals surface area contributed by atoms with E-state index in [4.69, 9.17) is 15.1 Å². The first kappa shape index (κ1) is 19.8. The van der Waals surface area contributed by atoms with Crippen LogP contribution in [0, 0.1) is 20.8 Å². The number of amides is 1. The molecule has 31 heavy (non-hydrogen) atoms. The second kappa shape index (κ2) is 7.54. The first-order chi connectivity index (χ1) is 14.9. The van der Waals surface area contributed by atoms with Gasteiger partial charge in [0.25, 0.3) is 5.91 Å². The summed E-state index contributed by atoms with van der Waals surface area (Å²) in [5.41, 5.74) is 13.5. The fourth-order valence-corrected chi connectivity index (χ4v) is 5.34.